The zero-order valence-electron chi connectivity index (χ0n) is 9.42. The summed E-state index contributed by atoms with van der Waals surface area (Å²) in [5.41, 5.74) is -0.152. The summed E-state index contributed by atoms with van der Waals surface area (Å²) in [6.45, 7) is 4.66. The van der Waals surface area contributed by atoms with E-state index in [1.165, 1.54) is 0 Å². The number of hydrogen-bond donors (Lipinski definition) is 0. The van der Waals surface area contributed by atoms with Crippen molar-refractivity contribution in [3.05, 3.63) is 29.3 Å². The van der Waals surface area contributed by atoms with Crippen LogP contribution >= 0.6 is 11.6 Å². The quantitative estimate of drug-likeness (QED) is 0.768. The van der Waals surface area contributed by atoms with E-state index >= 15 is 0 Å². The maximum absolute atomic E-state index is 5.95. The molecule has 1 aromatic carbocycles. The smallest absolute Gasteiger partial charge is 0.137 e. The van der Waals surface area contributed by atoms with Crippen LogP contribution < -0.4 is 4.74 Å². The summed E-state index contributed by atoms with van der Waals surface area (Å²) in [7, 11) is 1.70. The van der Waals surface area contributed by atoms with Crippen LogP contribution in [0.5, 0.6) is 5.75 Å². The summed E-state index contributed by atoms with van der Waals surface area (Å²) in [4.78, 5) is 0. The first kappa shape index (κ1) is 12.3. The molecule has 84 valence electrons. The minimum atomic E-state index is -0.152. The van der Waals surface area contributed by atoms with Crippen molar-refractivity contribution in [2.24, 2.45) is 0 Å². The Kier molecular flexibility index (Phi) is 4.43. The second kappa shape index (κ2) is 5.38. The Morgan fingerprint density at radius 1 is 1.27 bits per heavy atom. The minimum Gasteiger partial charge on any atom is -0.492 e. The Hall–Kier alpha value is -0.730. The van der Waals surface area contributed by atoms with Gasteiger partial charge in [0.15, 0.2) is 0 Å². The molecule has 3 heteroatoms. The molecule has 0 N–H and O–H groups in total. The SMILES string of the molecule is COC(C)(C)CCOc1ccccc1Cl. The van der Waals surface area contributed by atoms with Gasteiger partial charge in [0.25, 0.3) is 0 Å². The van der Waals surface area contributed by atoms with Crippen LogP contribution in [0.3, 0.4) is 0 Å². The van der Waals surface area contributed by atoms with Gasteiger partial charge in [-0.2, -0.15) is 0 Å². The third kappa shape index (κ3) is 4.10. The Balaban J connectivity index is 2.42. The Morgan fingerprint density at radius 3 is 2.53 bits per heavy atom. The van der Waals surface area contributed by atoms with Gasteiger partial charge in [-0.25, -0.2) is 0 Å². The van der Waals surface area contributed by atoms with Crippen LogP contribution in [0.15, 0.2) is 24.3 Å². The van der Waals surface area contributed by atoms with E-state index in [0.717, 1.165) is 12.2 Å². The molecule has 0 aliphatic heterocycles. The fourth-order valence-corrected chi connectivity index (χ4v) is 1.26. The molecule has 0 aliphatic carbocycles. The van der Waals surface area contributed by atoms with Gasteiger partial charge in [0.05, 0.1) is 17.2 Å². The monoisotopic (exact) mass is 228 g/mol. The molecule has 0 atom stereocenters. The predicted molar refractivity (Wildman–Crippen MR) is 62.7 cm³/mol. The molecule has 15 heavy (non-hydrogen) atoms. The predicted octanol–water partition coefficient (Wildman–Crippen LogP) is 3.53. The molecule has 0 heterocycles. The summed E-state index contributed by atoms with van der Waals surface area (Å²) >= 11 is 5.95. The molecule has 1 rings (SSSR count). The van der Waals surface area contributed by atoms with Crippen LogP contribution in [-0.4, -0.2) is 19.3 Å². The maximum Gasteiger partial charge on any atom is 0.137 e. The fraction of sp³-hybridized carbons (Fsp3) is 0.500. The topological polar surface area (TPSA) is 18.5 Å². The van der Waals surface area contributed by atoms with E-state index in [0.29, 0.717) is 11.6 Å². The van der Waals surface area contributed by atoms with Gasteiger partial charge in [-0.15, -0.1) is 0 Å². The fourth-order valence-electron chi connectivity index (χ4n) is 1.07. The van der Waals surface area contributed by atoms with Gasteiger partial charge in [0.1, 0.15) is 5.75 Å². The van der Waals surface area contributed by atoms with Gasteiger partial charge in [0.2, 0.25) is 0 Å². The molecule has 0 radical (unpaired) electrons. The molecule has 0 unspecified atom stereocenters. The number of hydrogen-bond acceptors (Lipinski definition) is 2. The molecule has 0 aliphatic rings. The number of rotatable bonds is 5. The van der Waals surface area contributed by atoms with Gasteiger partial charge in [-0.1, -0.05) is 23.7 Å². The molecule has 0 bridgehead atoms. The van der Waals surface area contributed by atoms with Crippen LogP contribution in [0.25, 0.3) is 0 Å². The van der Waals surface area contributed by atoms with E-state index in [9.17, 15) is 0 Å². The number of halogens is 1. The lowest BCUT2D eigenvalue weighted by Gasteiger charge is -2.22. The van der Waals surface area contributed by atoms with Crippen molar-refractivity contribution in [1.29, 1.82) is 0 Å². The highest BCUT2D eigenvalue weighted by atomic mass is 35.5. The van der Waals surface area contributed by atoms with Crippen molar-refractivity contribution < 1.29 is 9.47 Å². The van der Waals surface area contributed by atoms with Gasteiger partial charge in [0, 0.05) is 13.5 Å². The van der Waals surface area contributed by atoms with Crippen molar-refractivity contribution in [1.82, 2.24) is 0 Å². The zero-order chi connectivity index (χ0) is 11.3. The normalized spacial score (nSPS) is 11.5. The van der Waals surface area contributed by atoms with E-state index in [2.05, 4.69) is 0 Å². The number of benzene rings is 1. The highest BCUT2D eigenvalue weighted by Gasteiger charge is 2.16. The first-order valence-electron chi connectivity index (χ1n) is 4.98. The summed E-state index contributed by atoms with van der Waals surface area (Å²) in [5.74, 6) is 0.728. The first-order valence-corrected chi connectivity index (χ1v) is 5.35. The maximum atomic E-state index is 5.95. The van der Waals surface area contributed by atoms with Gasteiger partial charge in [-0.05, 0) is 26.0 Å². The Labute approximate surface area is 96.2 Å². The molecule has 0 saturated heterocycles. The Bertz CT molecular complexity index is 310. The van der Waals surface area contributed by atoms with E-state index in [1.54, 1.807) is 7.11 Å². The second-order valence-corrected chi connectivity index (χ2v) is 4.40. The third-order valence-electron chi connectivity index (χ3n) is 2.35. The number of ether oxygens (including phenoxy) is 2. The van der Waals surface area contributed by atoms with Crippen molar-refractivity contribution in [2.75, 3.05) is 13.7 Å². The average Bonchev–Trinajstić information content (AvgIpc) is 2.21. The molecular formula is C12H17ClO2. The van der Waals surface area contributed by atoms with Crippen molar-refractivity contribution in [2.45, 2.75) is 25.9 Å². The van der Waals surface area contributed by atoms with E-state index in [1.807, 2.05) is 38.1 Å². The largest absolute Gasteiger partial charge is 0.492 e. The molecule has 0 saturated carbocycles. The van der Waals surface area contributed by atoms with E-state index < -0.39 is 0 Å². The molecule has 1 aromatic rings. The molecule has 0 fully saturated rings. The average molecular weight is 229 g/mol. The van der Waals surface area contributed by atoms with Crippen LogP contribution in [0.2, 0.25) is 5.02 Å². The lowest BCUT2D eigenvalue weighted by Crippen LogP contribution is -2.25. The minimum absolute atomic E-state index is 0.152. The standard InChI is InChI=1S/C12H17ClO2/c1-12(2,14-3)8-9-15-11-7-5-4-6-10(11)13/h4-7H,8-9H2,1-3H3. The van der Waals surface area contributed by atoms with Crippen LogP contribution in [0.1, 0.15) is 20.3 Å². The second-order valence-electron chi connectivity index (χ2n) is 3.99. The van der Waals surface area contributed by atoms with Crippen molar-refractivity contribution in [3.63, 3.8) is 0 Å². The number of methoxy groups -OCH3 is 1. The highest BCUT2D eigenvalue weighted by Crippen LogP contribution is 2.24. The molecular weight excluding hydrogens is 212 g/mol. The lowest BCUT2D eigenvalue weighted by atomic mass is 10.1. The zero-order valence-corrected chi connectivity index (χ0v) is 10.2. The van der Waals surface area contributed by atoms with Crippen molar-refractivity contribution >= 4 is 11.6 Å². The summed E-state index contributed by atoms with van der Waals surface area (Å²) in [6.07, 6.45) is 0.828. The van der Waals surface area contributed by atoms with Gasteiger partial charge < -0.3 is 9.47 Å². The van der Waals surface area contributed by atoms with Gasteiger partial charge in [-0.3, -0.25) is 0 Å². The summed E-state index contributed by atoms with van der Waals surface area (Å²) in [6, 6.07) is 7.47. The van der Waals surface area contributed by atoms with Crippen LogP contribution in [0.4, 0.5) is 0 Å². The molecule has 0 spiro atoms. The van der Waals surface area contributed by atoms with E-state index in [-0.39, 0.29) is 5.60 Å². The van der Waals surface area contributed by atoms with Gasteiger partial charge >= 0.3 is 0 Å². The summed E-state index contributed by atoms with van der Waals surface area (Å²) < 4.78 is 10.9. The van der Waals surface area contributed by atoms with E-state index in [4.69, 9.17) is 21.1 Å². The molecule has 2 nitrogen and oxygen atoms in total. The summed E-state index contributed by atoms with van der Waals surface area (Å²) in [5, 5.41) is 0.646. The Morgan fingerprint density at radius 2 is 1.93 bits per heavy atom. The first-order chi connectivity index (χ1) is 7.05. The third-order valence-corrected chi connectivity index (χ3v) is 2.66. The highest BCUT2D eigenvalue weighted by molar-refractivity contribution is 6.32. The number of para-hydroxylation sites is 1. The van der Waals surface area contributed by atoms with Crippen LogP contribution in [0, 0.1) is 0 Å². The van der Waals surface area contributed by atoms with Crippen molar-refractivity contribution in [3.8, 4) is 5.75 Å². The molecule has 0 amide bonds. The van der Waals surface area contributed by atoms with Crippen LogP contribution in [-0.2, 0) is 4.74 Å². The lowest BCUT2D eigenvalue weighted by molar-refractivity contribution is 0.00546. The molecule has 0 aromatic heterocycles.